The lowest BCUT2D eigenvalue weighted by Gasteiger charge is -2.21. The topological polar surface area (TPSA) is 85.7 Å². The maximum atomic E-state index is 12.2. The van der Waals surface area contributed by atoms with Gasteiger partial charge in [-0.1, -0.05) is 12.8 Å². The van der Waals surface area contributed by atoms with Crippen LogP contribution in [0.15, 0.2) is 29.3 Å². The summed E-state index contributed by atoms with van der Waals surface area (Å²) in [6.07, 6.45) is 7.85. The number of rotatable bonds is 2. The van der Waals surface area contributed by atoms with Gasteiger partial charge in [0.15, 0.2) is 0 Å². The van der Waals surface area contributed by atoms with Gasteiger partial charge in [0.05, 0.1) is 5.69 Å². The summed E-state index contributed by atoms with van der Waals surface area (Å²) in [4.78, 5) is 25.6. The average molecular weight is 295 g/mol. The second kappa shape index (κ2) is 6.39. The Hall–Kier alpha value is -2.68. The Morgan fingerprint density at radius 2 is 1.82 bits per heavy atom. The average Bonchev–Trinajstić information content (AvgIpc) is 2.84. The van der Waals surface area contributed by atoms with Gasteiger partial charge < -0.3 is 4.90 Å². The van der Waals surface area contributed by atoms with Gasteiger partial charge in [-0.05, 0) is 25.0 Å². The van der Waals surface area contributed by atoms with Gasteiger partial charge in [0, 0.05) is 31.0 Å². The van der Waals surface area contributed by atoms with E-state index in [0.29, 0.717) is 11.6 Å². The van der Waals surface area contributed by atoms with Crippen LogP contribution < -0.4 is 10.5 Å². The molecule has 0 atom stereocenters. The summed E-state index contributed by atoms with van der Waals surface area (Å²) in [6.45, 7) is 1.76. The molecule has 0 spiro atoms. The van der Waals surface area contributed by atoms with Crippen LogP contribution in [0.5, 0.6) is 0 Å². The van der Waals surface area contributed by atoms with Crippen LogP contribution in [0.4, 0.5) is 5.95 Å². The molecule has 0 amide bonds. The number of hydrogen-bond acceptors (Lipinski definition) is 5. The molecule has 0 aliphatic carbocycles. The molecule has 3 rings (SSSR count). The molecule has 22 heavy (non-hydrogen) atoms. The monoisotopic (exact) mass is 295 g/mol. The molecular weight excluding hydrogens is 278 g/mol. The summed E-state index contributed by atoms with van der Waals surface area (Å²) in [5.41, 5.74) is 0.815. The fourth-order valence-corrected chi connectivity index (χ4v) is 2.72. The van der Waals surface area contributed by atoms with Crippen LogP contribution in [0.25, 0.3) is 11.3 Å². The number of hydrogen-bond donors (Lipinski definition) is 1. The first kappa shape index (κ1) is 14.3. The Balaban J connectivity index is 2.09. The van der Waals surface area contributed by atoms with Gasteiger partial charge >= 0.3 is 0 Å². The molecule has 0 radical (unpaired) electrons. The molecule has 1 saturated heterocycles. The predicted octanol–water partition coefficient (Wildman–Crippen LogP) is 2.08. The number of nitrogens with one attached hydrogen (secondary N) is 1. The van der Waals surface area contributed by atoms with Crippen molar-refractivity contribution in [3.8, 4) is 17.3 Å². The van der Waals surface area contributed by atoms with Crippen LogP contribution in [0.2, 0.25) is 0 Å². The van der Waals surface area contributed by atoms with Crippen molar-refractivity contribution >= 4 is 5.95 Å². The summed E-state index contributed by atoms with van der Waals surface area (Å²) in [7, 11) is 0. The van der Waals surface area contributed by atoms with E-state index in [0.717, 1.165) is 31.5 Å². The number of pyridine rings is 1. The molecule has 1 N–H and O–H groups in total. The second-order valence-electron chi connectivity index (χ2n) is 5.36. The molecule has 1 aliphatic rings. The minimum Gasteiger partial charge on any atom is -0.342 e. The third-order valence-corrected chi connectivity index (χ3v) is 3.88. The number of anilines is 1. The standard InChI is InChI=1S/C16H17N5O/c17-11-13-14(12-5-7-18-8-6-12)19-16(20-15(13)22)21-9-3-1-2-4-10-21/h5-8H,1-4,9-10H2,(H,19,20,22). The van der Waals surface area contributed by atoms with E-state index in [4.69, 9.17) is 0 Å². The van der Waals surface area contributed by atoms with Gasteiger partial charge in [0.2, 0.25) is 5.95 Å². The molecule has 3 heterocycles. The summed E-state index contributed by atoms with van der Waals surface area (Å²) < 4.78 is 0. The van der Waals surface area contributed by atoms with Gasteiger partial charge in [0.1, 0.15) is 11.6 Å². The van der Waals surface area contributed by atoms with Crippen LogP contribution in [0.3, 0.4) is 0 Å². The van der Waals surface area contributed by atoms with E-state index in [2.05, 4.69) is 19.9 Å². The largest absolute Gasteiger partial charge is 0.342 e. The van der Waals surface area contributed by atoms with Crippen molar-refractivity contribution < 1.29 is 0 Å². The van der Waals surface area contributed by atoms with Crippen LogP contribution in [0.1, 0.15) is 31.2 Å². The fraction of sp³-hybridized carbons (Fsp3) is 0.375. The number of aromatic amines is 1. The van der Waals surface area contributed by atoms with Crippen molar-refractivity contribution in [1.82, 2.24) is 15.0 Å². The Morgan fingerprint density at radius 3 is 2.45 bits per heavy atom. The zero-order chi connectivity index (χ0) is 15.4. The Morgan fingerprint density at radius 1 is 1.14 bits per heavy atom. The van der Waals surface area contributed by atoms with Crippen LogP contribution in [-0.2, 0) is 0 Å². The smallest absolute Gasteiger partial charge is 0.270 e. The Kier molecular flexibility index (Phi) is 4.15. The highest BCUT2D eigenvalue weighted by Gasteiger charge is 2.17. The van der Waals surface area contributed by atoms with E-state index in [-0.39, 0.29) is 11.1 Å². The first-order valence-electron chi connectivity index (χ1n) is 7.49. The highest BCUT2D eigenvalue weighted by molar-refractivity contribution is 5.66. The third-order valence-electron chi connectivity index (χ3n) is 3.88. The van der Waals surface area contributed by atoms with Gasteiger partial charge in [-0.15, -0.1) is 0 Å². The maximum absolute atomic E-state index is 12.2. The minimum absolute atomic E-state index is 0.0461. The van der Waals surface area contributed by atoms with Crippen LogP contribution in [-0.4, -0.2) is 28.0 Å². The summed E-state index contributed by atoms with van der Waals surface area (Å²) in [5.74, 6) is 0.553. The molecule has 6 nitrogen and oxygen atoms in total. The van der Waals surface area contributed by atoms with Gasteiger partial charge in [-0.2, -0.15) is 5.26 Å². The second-order valence-corrected chi connectivity index (χ2v) is 5.36. The van der Waals surface area contributed by atoms with Crippen molar-refractivity contribution in [1.29, 1.82) is 5.26 Å². The lowest BCUT2D eigenvalue weighted by molar-refractivity contribution is 0.726. The molecule has 2 aromatic rings. The SMILES string of the molecule is N#Cc1c(-c2ccncc2)nc(N2CCCCCC2)[nH]c1=O. The molecule has 0 saturated carbocycles. The molecule has 0 unspecified atom stereocenters. The summed E-state index contributed by atoms with van der Waals surface area (Å²) in [5, 5.41) is 9.27. The first-order chi connectivity index (χ1) is 10.8. The maximum Gasteiger partial charge on any atom is 0.270 e. The van der Waals surface area contributed by atoms with E-state index in [9.17, 15) is 10.1 Å². The Labute approximate surface area is 128 Å². The van der Waals surface area contributed by atoms with E-state index >= 15 is 0 Å². The number of aromatic nitrogens is 3. The molecular formula is C16H17N5O. The zero-order valence-electron chi connectivity index (χ0n) is 12.2. The molecule has 2 aromatic heterocycles. The van der Waals surface area contributed by atoms with Crippen molar-refractivity contribution in [3.05, 3.63) is 40.4 Å². The minimum atomic E-state index is -0.386. The molecule has 0 bridgehead atoms. The van der Waals surface area contributed by atoms with E-state index in [1.54, 1.807) is 24.5 Å². The molecule has 6 heteroatoms. The van der Waals surface area contributed by atoms with Gasteiger partial charge in [-0.3, -0.25) is 14.8 Å². The van der Waals surface area contributed by atoms with E-state index in [1.165, 1.54) is 12.8 Å². The lowest BCUT2D eigenvalue weighted by atomic mass is 10.1. The first-order valence-corrected chi connectivity index (χ1v) is 7.49. The van der Waals surface area contributed by atoms with E-state index < -0.39 is 0 Å². The zero-order valence-corrected chi connectivity index (χ0v) is 12.2. The third kappa shape index (κ3) is 2.84. The number of nitriles is 1. The van der Waals surface area contributed by atoms with Crippen molar-refractivity contribution in [2.24, 2.45) is 0 Å². The molecule has 1 aliphatic heterocycles. The normalized spacial score (nSPS) is 15.1. The van der Waals surface area contributed by atoms with Gasteiger partial charge in [0.25, 0.3) is 5.56 Å². The molecule has 1 fully saturated rings. The molecule has 0 aromatic carbocycles. The van der Waals surface area contributed by atoms with Gasteiger partial charge in [-0.25, -0.2) is 4.98 Å². The van der Waals surface area contributed by atoms with E-state index in [1.807, 2.05) is 6.07 Å². The Bertz CT molecular complexity index is 739. The molecule has 112 valence electrons. The highest BCUT2D eigenvalue weighted by Crippen LogP contribution is 2.21. The quantitative estimate of drug-likeness (QED) is 0.916. The predicted molar refractivity (Wildman–Crippen MR) is 83.5 cm³/mol. The van der Waals surface area contributed by atoms with Crippen molar-refractivity contribution in [3.63, 3.8) is 0 Å². The fourth-order valence-electron chi connectivity index (χ4n) is 2.72. The van der Waals surface area contributed by atoms with Crippen molar-refractivity contribution in [2.45, 2.75) is 25.7 Å². The lowest BCUT2D eigenvalue weighted by Crippen LogP contribution is -2.29. The van der Waals surface area contributed by atoms with Crippen LogP contribution in [0, 0.1) is 11.3 Å². The summed E-state index contributed by atoms with van der Waals surface area (Å²) in [6, 6.07) is 5.48. The highest BCUT2D eigenvalue weighted by atomic mass is 16.1. The number of nitrogens with zero attached hydrogens (tertiary/aromatic N) is 4. The van der Waals surface area contributed by atoms with Crippen LogP contribution >= 0.6 is 0 Å². The summed E-state index contributed by atoms with van der Waals surface area (Å²) >= 11 is 0. The van der Waals surface area contributed by atoms with Crippen molar-refractivity contribution in [2.75, 3.05) is 18.0 Å². The number of H-pyrrole nitrogens is 1.